The Morgan fingerprint density at radius 2 is 1.96 bits per heavy atom. The zero-order chi connectivity index (χ0) is 20.0. The number of thioether (sulfide) groups is 1. The van der Waals surface area contributed by atoms with E-state index in [1.165, 1.54) is 40.4 Å². The van der Waals surface area contributed by atoms with Crippen LogP contribution in [0.25, 0.3) is 10.2 Å². The van der Waals surface area contributed by atoms with Crippen molar-refractivity contribution in [3.05, 3.63) is 27.7 Å². The van der Waals surface area contributed by atoms with Crippen LogP contribution in [0.3, 0.4) is 0 Å². The fraction of sp³-hybridized carbons (Fsp3) is 0.500. The first-order chi connectivity index (χ1) is 13.3. The molecule has 3 heterocycles. The summed E-state index contributed by atoms with van der Waals surface area (Å²) in [4.78, 5) is 24.8. The summed E-state index contributed by atoms with van der Waals surface area (Å²) in [7, 11) is 1.89. The first-order valence-electron chi connectivity index (χ1n) is 9.61. The van der Waals surface area contributed by atoms with E-state index < -0.39 is 0 Å². The summed E-state index contributed by atoms with van der Waals surface area (Å²) in [5.74, 6) is 0.734. The minimum Gasteiger partial charge on any atom is -0.322 e. The predicted molar refractivity (Wildman–Crippen MR) is 115 cm³/mol. The second kappa shape index (κ2) is 7.48. The van der Waals surface area contributed by atoms with Gasteiger partial charge in [0, 0.05) is 17.3 Å². The fourth-order valence-corrected chi connectivity index (χ4v) is 6.11. The molecule has 0 saturated carbocycles. The fourth-order valence-electron chi connectivity index (χ4n) is 3.71. The summed E-state index contributed by atoms with van der Waals surface area (Å²) in [6, 6.07) is 0. The molecule has 3 aromatic rings. The van der Waals surface area contributed by atoms with Gasteiger partial charge < -0.3 is 5.32 Å². The van der Waals surface area contributed by atoms with Crippen molar-refractivity contribution in [3.63, 3.8) is 0 Å². The highest BCUT2D eigenvalue weighted by atomic mass is 32.2. The summed E-state index contributed by atoms with van der Waals surface area (Å²) in [6.07, 6.45) is 4.68. The minimum atomic E-state index is -0.268. The topological polar surface area (TPSA) is 72.7 Å². The lowest BCUT2D eigenvalue weighted by Gasteiger charge is -2.15. The van der Waals surface area contributed by atoms with Gasteiger partial charge in [-0.2, -0.15) is 5.10 Å². The average molecular weight is 416 g/mol. The van der Waals surface area contributed by atoms with E-state index in [1.54, 1.807) is 16.0 Å². The van der Waals surface area contributed by atoms with Crippen LogP contribution in [0.2, 0.25) is 0 Å². The smallest absolute Gasteiger partial charge is 0.237 e. The van der Waals surface area contributed by atoms with Gasteiger partial charge in [0.05, 0.1) is 22.3 Å². The molecule has 0 aromatic carbocycles. The maximum Gasteiger partial charge on any atom is 0.237 e. The van der Waals surface area contributed by atoms with Gasteiger partial charge in [-0.1, -0.05) is 11.8 Å². The third-order valence-electron chi connectivity index (χ3n) is 5.31. The lowest BCUT2D eigenvalue weighted by Crippen LogP contribution is -2.23. The van der Waals surface area contributed by atoms with E-state index in [2.05, 4.69) is 15.4 Å². The molecule has 0 saturated heterocycles. The second-order valence-corrected chi connectivity index (χ2v) is 9.80. The van der Waals surface area contributed by atoms with Crippen molar-refractivity contribution in [2.75, 3.05) is 5.32 Å². The molecule has 0 bridgehead atoms. The number of thiophene rings is 1. The molecule has 1 N–H and O–H groups in total. The maximum atomic E-state index is 12.9. The van der Waals surface area contributed by atoms with Crippen molar-refractivity contribution in [1.29, 1.82) is 0 Å². The highest BCUT2D eigenvalue weighted by Gasteiger charge is 2.24. The number of aryl methyl sites for hydroxylation is 5. The van der Waals surface area contributed by atoms with Crippen LogP contribution < -0.4 is 5.32 Å². The predicted octanol–water partition coefficient (Wildman–Crippen LogP) is 4.35. The lowest BCUT2D eigenvalue weighted by molar-refractivity contribution is -0.115. The number of amides is 1. The Balaban J connectivity index is 1.62. The van der Waals surface area contributed by atoms with Crippen molar-refractivity contribution in [1.82, 2.24) is 19.7 Å². The van der Waals surface area contributed by atoms with Gasteiger partial charge in [0.25, 0.3) is 0 Å². The van der Waals surface area contributed by atoms with Crippen molar-refractivity contribution in [2.45, 2.75) is 63.7 Å². The standard InChI is InChI=1S/C20H25N5OS2/c1-10-17(11(2)25(5)24-10)23-18(26)12(3)27-19-16-14-8-6-7-9-15(14)28-20(16)22-13(4)21-19/h12H,6-9H2,1-5H3,(H,23,26)/t12-/m1/s1. The number of nitrogens with one attached hydrogen (secondary N) is 1. The molecule has 1 amide bonds. The van der Waals surface area contributed by atoms with Gasteiger partial charge in [0.2, 0.25) is 5.91 Å². The monoisotopic (exact) mass is 415 g/mol. The van der Waals surface area contributed by atoms with Crippen molar-refractivity contribution < 1.29 is 4.79 Å². The molecule has 0 aliphatic heterocycles. The molecule has 8 heteroatoms. The second-order valence-electron chi connectivity index (χ2n) is 7.39. The van der Waals surface area contributed by atoms with Crippen molar-refractivity contribution in [2.24, 2.45) is 7.05 Å². The van der Waals surface area contributed by atoms with E-state index >= 15 is 0 Å². The molecule has 4 rings (SSSR count). The summed E-state index contributed by atoms with van der Waals surface area (Å²) < 4.78 is 1.79. The Morgan fingerprint density at radius 1 is 1.21 bits per heavy atom. The molecule has 1 atom stereocenters. The minimum absolute atomic E-state index is 0.0299. The number of hydrogen-bond donors (Lipinski definition) is 1. The van der Waals surface area contributed by atoms with Crippen molar-refractivity contribution >= 4 is 44.9 Å². The van der Waals surface area contributed by atoms with Gasteiger partial charge in [0.1, 0.15) is 15.7 Å². The van der Waals surface area contributed by atoms with Gasteiger partial charge in [0.15, 0.2) is 0 Å². The molecule has 28 heavy (non-hydrogen) atoms. The van der Waals surface area contributed by atoms with Crippen LogP contribution in [0, 0.1) is 20.8 Å². The van der Waals surface area contributed by atoms with E-state index in [1.807, 2.05) is 34.7 Å². The van der Waals surface area contributed by atoms with E-state index in [4.69, 9.17) is 4.98 Å². The SMILES string of the molecule is Cc1nc(S[C@H](C)C(=O)Nc2c(C)nn(C)c2C)c2c3c(sc2n1)CCCC3. The van der Waals surface area contributed by atoms with Gasteiger partial charge in [-0.15, -0.1) is 11.3 Å². The summed E-state index contributed by atoms with van der Waals surface area (Å²) in [5.41, 5.74) is 3.99. The third-order valence-corrected chi connectivity index (χ3v) is 7.58. The molecule has 0 fully saturated rings. The number of carbonyl (C=O) groups excluding carboxylic acids is 1. The molecule has 6 nitrogen and oxygen atoms in total. The quantitative estimate of drug-likeness (QED) is 0.507. The zero-order valence-corrected chi connectivity index (χ0v) is 18.6. The number of carbonyl (C=O) groups is 1. The molecule has 0 unspecified atom stereocenters. The van der Waals surface area contributed by atoms with E-state index in [9.17, 15) is 4.79 Å². The summed E-state index contributed by atoms with van der Waals surface area (Å²) in [6.45, 7) is 7.73. The largest absolute Gasteiger partial charge is 0.322 e. The summed E-state index contributed by atoms with van der Waals surface area (Å²) >= 11 is 3.32. The van der Waals surface area contributed by atoms with Crippen LogP contribution in [0.1, 0.15) is 47.4 Å². The van der Waals surface area contributed by atoms with Gasteiger partial charge in [-0.3, -0.25) is 9.48 Å². The Kier molecular flexibility index (Phi) is 5.18. The molecule has 1 aliphatic carbocycles. The Hall–Kier alpha value is -1.93. The highest BCUT2D eigenvalue weighted by molar-refractivity contribution is 8.00. The average Bonchev–Trinajstić information content (AvgIpc) is 3.13. The van der Waals surface area contributed by atoms with Crippen LogP contribution in [0.15, 0.2) is 5.03 Å². The van der Waals surface area contributed by atoms with Crippen molar-refractivity contribution in [3.8, 4) is 0 Å². The Labute approximate surface area is 173 Å². The lowest BCUT2D eigenvalue weighted by atomic mass is 9.97. The summed E-state index contributed by atoms with van der Waals surface area (Å²) in [5, 5.41) is 9.27. The molecule has 3 aromatic heterocycles. The maximum absolute atomic E-state index is 12.9. The molecule has 148 valence electrons. The van der Waals surface area contributed by atoms with E-state index in [0.29, 0.717) is 0 Å². The molecule has 1 aliphatic rings. The number of hydrogen-bond acceptors (Lipinski definition) is 6. The molecule has 0 spiro atoms. The first kappa shape index (κ1) is 19.4. The van der Waals surface area contributed by atoms with E-state index in [0.717, 1.165) is 45.6 Å². The first-order valence-corrected chi connectivity index (χ1v) is 11.3. The number of nitrogens with zero attached hydrogens (tertiary/aromatic N) is 4. The van der Waals surface area contributed by atoms with Gasteiger partial charge in [-0.25, -0.2) is 9.97 Å². The molecular weight excluding hydrogens is 390 g/mol. The highest BCUT2D eigenvalue weighted by Crippen LogP contribution is 2.40. The Bertz CT molecular complexity index is 1070. The molecule has 0 radical (unpaired) electrons. The Morgan fingerprint density at radius 3 is 2.68 bits per heavy atom. The number of anilines is 1. The van der Waals surface area contributed by atoms with Gasteiger partial charge >= 0.3 is 0 Å². The van der Waals surface area contributed by atoms with E-state index in [-0.39, 0.29) is 11.2 Å². The van der Waals surface area contributed by atoms with Crippen LogP contribution in [-0.2, 0) is 24.7 Å². The van der Waals surface area contributed by atoms with Crippen LogP contribution in [0.4, 0.5) is 5.69 Å². The van der Waals surface area contributed by atoms with Crippen LogP contribution in [0.5, 0.6) is 0 Å². The normalized spacial score (nSPS) is 14.9. The number of rotatable bonds is 4. The van der Waals surface area contributed by atoms with Crippen LogP contribution in [-0.4, -0.2) is 30.9 Å². The number of aromatic nitrogens is 4. The number of fused-ring (bicyclic) bond motifs is 3. The third kappa shape index (κ3) is 3.43. The van der Waals surface area contributed by atoms with Gasteiger partial charge in [-0.05, 0) is 58.9 Å². The zero-order valence-electron chi connectivity index (χ0n) is 16.9. The van der Waals surface area contributed by atoms with Crippen LogP contribution >= 0.6 is 23.1 Å². The molecular formula is C20H25N5OS2.